The lowest BCUT2D eigenvalue weighted by molar-refractivity contribution is 0.538. The lowest BCUT2D eigenvalue weighted by Gasteiger charge is -1.92. The van der Waals surface area contributed by atoms with E-state index in [1.165, 1.54) is 0 Å². The zero-order valence-corrected chi connectivity index (χ0v) is 7.95. The van der Waals surface area contributed by atoms with Crippen molar-refractivity contribution in [2.24, 2.45) is 0 Å². The number of rotatable bonds is 2. The van der Waals surface area contributed by atoms with Crippen molar-refractivity contribution in [1.29, 1.82) is 5.26 Å². The summed E-state index contributed by atoms with van der Waals surface area (Å²) in [5.74, 6) is 0.727. The minimum atomic E-state index is 0.382. The zero-order chi connectivity index (χ0) is 9.97. The summed E-state index contributed by atoms with van der Waals surface area (Å²) in [6, 6.07) is 7.80. The van der Waals surface area contributed by atoms with Crippen LogP contribution in [0, 0.1) is 11.3 Å². The van der Waals surface area contributed by atoms with Crippen LogP contribution in [-0.2, 0) is 12.8 Å². The molecule has 0 radical (unpaired) electrons. The molecule has 0 N–H and O–H groups in total. The van der Waals surface area contributed by atoms with E-state index < -0.39 is 0 Å². The number of para-hydroxylation sites is 1. The Labute approximate surface area is 82.0 Å². The molecule has 0 unspecified atom stereocenters. The number of aromatic nitrogens is 1. The van der Waals surface area contributed by atoms with Gasteiger partial charge in [0.15, 0.2) is 11.5 Å². The number of nitrogens with zero attached hydrogens (tertiary/aromatic N) is 2. The summed E-state index contributed by atoms with van der Waals surface area (Å²) in [4.78, 5) is 4.33. The maximum atomic E-state index is 8.63. The van der Waals surface area contributed by atoms with Gasteiger partial charge < -0.3 is 4.42 Å². The molecular weight excluding hydrogens is 176 g/mol. The smallest absolute Gasteiger partial charge is 0.195 e. The number of aryl methyl sites for hydroxylation is 1. The van der Waals surface area contributed by atoms with Crippen molar-refractivity contribution >= 4 is 11.1 Å². The molecule has 70 valence electrons. The normalized spacial score (nSPS) is 10.3. The summed E-state index contributed by atoms with van der Waals surface area (Å²) < 4.78 is 5.48. The van der Waals surface area contributed by atoms with Gasteiger partial charge in [-0.1, -0.05) is 19.1 Å². The third-order valence-corrected chi connectivity index (χ3v) is 2.12. The van der Waals surface area contributed by atoms with Gasteiger partial charge in [-0.15, -0.1) is 0 Å². The maximum absolute atomic E-state index is 8.63. The van der Waals surface area contributed by atoms with Crippen LogP contribution < -0.4 is 0 Å². The molecule has 1 aromatic heterocycles. The van der Waals surface area contributed by atoms with Crippen molar-refractivity contribution in [3.8, 4) is 6.07 Å². The molecule has 0 amide bonds. The van der Waals surface area contributed by atoms with E-state index in [1.807, 2.05) is 25.1 Å². The van der Waals surface area contributed by atoms with Crippen LogP contribution in [0.25, 0.3) is 11.1 Å². The Bertz CT molecular complexity index is 493. The first kappa shape index (κ1) is 8.76. The summed E-state index contributed by atoms with van der Waals surface area (Å²) in [5.41, 5.74) is 2.54. The van der Waals surface area contributed by atoms with Gasteiger partial charge in [-0.05, 0) is 11.6 Å². The fourth-order valence-electron chi connectivity index (χ4n) is 1.43. The van der Waals surface area contributed by atoms with E-state index in [2.05, 4.69) is 11.1 Å². The molecule has 2 rings (SSSR count). The van der Waals surface area contributed by atoms with Gasteiger partial charge in [0.25, 0.3) is 0 Å². The lowest BCUT2D eigenvalue weighted by Crippen LogP contribution is -1.84. The van der Waals surface area contributed by atoms with E-state index in [4.69, 9.17) is 9.68 Å². The van der Waals surface area contributed by atoms with E-state index in [0.717, 1.165) is 29.0 Å². The predicted octanol–water partition coefficient (Wildman–Crippen LogP) is 2.46. The first-order valence-electron chi connectivity index (χ1n) is 4.59. The van der Waals surface area contributed by atoms with Gasteiger partial charge in [-0.25, -0.2) is 4.98 Å². The maximum Gasteiger partial charge on any atom is 0.195 e. The average molecular weight is 186 g/mol. The minimum Gasteiger partial charge on any atom is -0.441 e. The summed E-state index contributed by atoms with van der Waals surface area (Å²) in [6.45, 7) is 1.99. The summed E-state index contributed by atoms with van der Waals surface area (Å²) in [7, 11) is 0. The molecule has 1 aromatic carbocycles. The van der Waals surface area contributed by atoms with Gasteiger partial charge in [0.2, 0.25) is 0 Å². The molecule has 0 saturated heterocycles. The van der Waals surface area contributed by atoms with E-state index in [1.54, 1.807) is 0 Å². The minimum absolute atomic E-state index is 0.382. The Morgan fingerprint density at radius 1 is 1.50 bits per heavy atom. The molecule has 0 saturated carbocycles. The monoisotopic (exact) mass is 186 g/mol. The fraction of sp³-hybridized carbons (Fsp3) is 0.273. The van der Waals surface area contributed by atoms with Crippen molar-refractivity contribution in [1.82, 2.24) is 4.98 Å². The molecule has 0 aliphatic carbocycles. The van der Waals surface area contributed by atoms with Crippen molar-refractivity contribution in [3.05, 3.63) is 29.7 Å². The number of hydrogen-bond acceptors (Lipinski definition) is 3. The van der Waals surface area contributed by atoms with Gasteiger partial charge in [0.1, 0.15) is 5.52 Å². The van der Waals surface area contributed by atoms with Gasteiger partial charge in [0, 0.05) is 6.42 Å². The topological polar surface area (TPSA) is 49.8 Å². The number of nitriles is 1. The summed E-state index contributed by atoms with van der Waals surface area (Å²) in [5, 5.41) is 8.63. The first-order chi connectivity index (χ1) is 6.85. The first-order valence-corrected chi connectivity index (χ1v) is 4.59. The quantitative estimate of drug-likeness (QED) is 0.723. The van der Waals surface area contributed by atoms with Crippen LogP contribution >= 0.6 is 0 Å². The van der Waals surface area contributed by atoms with Crippen molar-refractivity contribution < 1.29 is 4.42 Å². The van der Waals surface area contributed by atoms with Gasteiger partial charge in [0.05, 0.1) is 12.5 Å². The van der Waals surface area contributed by atoms with E-state index in [-0.39, 0.29) is 0 Å². The number of benzene rings is 1. The van der Waals surface area contributed by atoms with Gasteiger partial charge in [-0.3, -0.25) is 0 Å². The molecule has 0 atom stereocenters. The molecular formula is C11H10N2O. The van der Waals surface area contributed by atoms with Gasteiger partial charge >= 0.3 is 0 Å². The number of oxazole rings is 1. The highest BCUT2D eigenvalue weighted by molar-refractivity contribution is 5.76. The van der Waals surface area contributed by atoms with Crippen LogP contribution in [0.3, 0.4) is 0 Å². The molecule has 14 heavy (non-hydrogen) atoms. The molecule has 0 bridgehead atoms. The Hall–Kier alpha value is -1.82. The van der Waals surface area contributed by atoms with Crippen LogP contribution in [-0.4, -0.2) is 4.98 Å². The Morgan fingerprint density at radius 3 is 3.07 bits per heavy atom. The number of fused-ring (bicyclic) bond motifs is 1. The molecule has 3 heteroatoms. The fourth-order valence-corrected chi connectivity index (χ4v) is 1.43. The van der Waals surface area contributed by atoms with E-state index in [0.29, 0.717) is 6.42 Å². The second-order valence-corrected chi connectivity index (χ2v) is 3.06. The molecule has 0 aliphatic rings. The van der Waals surface area contributed by atoms with Crippen LogP contribution in [0.2, 0.25) is 0 Å². The highest BCUT2D eigenvalue weighted by Gasteiger charge is 2.07. The molecule has 0 aliphatic heterocycles. The summed E-state index contributed by atoms with van der Waals surface area (Å²) >= 11 is 0. The van der Waals surface area contributed by atoms with Crippen LogP contribution in [0.1, 0.15) is 18.4 Å². The largest absolute Gasteiger partial charge is 0.441 e. The molecule has 0 spiro atoms. The average Bonchev–Trinajstić information content (AvgIpc) is 2.62. The SMILES string of the molecule is CCc1nc2c(CC#N)cccc2o1. The molecule has 2 aromatic rings. The van der Waals surface area contributed by atoms with Crippen molar-refractivity contribution in [2.45, 2.75) is 19.8 Å². The highest BCUT2D eigenvalue weighted by Crippen LogP contribution is 2.19. The van der Waals surface area contributed by atoms with Crippen molar-refractivity contribution in [2.75, 3.05) is 0 Å². The highest BCUT2D eigenvalue weighted by atomic mass is 16.3. The second-order valence-electron chi connectivity index (χ2n) is 3.06. The molecule has 1 heterocycles. The van der Waals surface area contributed by atoms with E-state index >= 15 is 0 Å². The van der Waals surface area contributed by atoms with Crippen LogP contribution in [0.4, 0.5) is 0 Å². The third-order valence-electron chi connectivity index (χ3n) is 2.12. The number of hydrogen-bond donors (Lipinski definition) is 0. The zero-order valence-electron chi connectivity index (χ0n) is 7.95. The van der Waals surface area contributed by atoms with Crippen LogP contribution in [0.5, 0.6) is 0 Å². The Morgan fingerprint density at radius 2 is 2.36 bits per heavy atom. The standard InChI is InChI=1S/C11H10N2O/c1-2-10-13-11-8(6-7-12)4-3-5-9(11)14-10/h3-5H,2,6H2,1H3. The second kappa shape index (κ2) is 3.51. The van der Waals surface area contributed by atoms with Gasteiger partial charge in [-0.2, -0.15) is 5.26 Å². The Balaban J connectivity index is 2.62. The lowest BCUT2D eigenvalue weighted by atomic mass is 10.1. The van der Waals surface area contributed by atoms with Crippen molar-refractivity contribution in [3.63, 3.8) is 0 Å². The summed E-state index contributed by atoms with van der Waals surface area (Å²) in [6.07, 6.45) is 1.16. The predicted molar refractivity (Wildman–Crippen MR) is 52.7 cm³/mol. The van der Waals surface area contributed by atoms with Crippen LogP contribution in [0.15, 0.2) is 22.6 Å². The third kappa shape index (κ3) is 1.35. The van der Waals surface area contributed by atoms with E-state index in [9.17, 15) is 0 Å². The Kier molecular flexibility index (Phi) is 2.19. The molecule has 0 fully saturated rings. The molecule has 3 nitrogen and oxygen atoms in total.